The number of halogens is 2. The molecule has 3 N–H and O–H groups in total. The van der Waals surface area contributed by atoms with Gasteiger partial charge in [-0.15, -0.1) is 0 Å². The molecule has 0 spiro atoms. The van der Waals surface area contributed by atoms with Crippen molar-refractivity contribution < 1.29 is 23.2 Å². The molecule has 3 amide bonds. The molecule has 2 unspecified atom stereocenters. The van der Waals surface area contributed by atoms with Crippen LogP contribution in [-0.2, 0) is 22.7 Å². The molecule has 2 atom stereocenters. The molecule has 7 nitrogen and oxygen atoms in total. The van der Waals surface area contributed by atoms with Gasteiger partial charge in [0.2, 0.25) is 11.8 Å². The lowest BCUT2D eigenvalue weighted by molar-refractivity contribution is -0.136. The van der Waals surface area contributed by atoms with Crippen LogP contribution in [0.2, 0.25) is 0 Å². The molecule has 1 aromatic carbocycles. The van der Waals surface area contributed by atoms with Crippen LogP contribution in [0.4, 0.5) is 8.78 Å². The van der Waals surface area contributed by atoms with Crippen molar-refractivity contribution in [2.45, 2.75) is 50.4 Å². The van der Waals surface area contributed by atoms with E-state index >= 15 is 0 Å². The quantitative estimate of drug-likeness (QED) is 0.637. The van der Waals surface area contributed by atoms with Gasteiger partial charge in [0.15, 0.2) is 0 Å². The van der Waals surface area contributed by atoms with Crippen LogP contribution in [0.25, 0.3) is 0 Å². The van der Waals surface area contributed by atoms with Crippen molar-refractivity contribution in [2.24, 2.45) is 0 Å². The average molecular weight is 392 g/mol. The maximum absolute atomic E-state index is 13.2. The average Bonchev–Trinajstić information content (AvgIpc) is 3.14. The highest BCUT2D eigenvalue weighted by atomic mass is 19.3. The van der Waals surface area contributed by atoms with Gasteiger partial charge in [0.1, 0.15) is 6.04 Å². The predicted octanol–water partition coefficient (Wildman–Crippen LogP) is 0.534. The number of piperidine rings is 1. The summed E-state index contributed by atoms with van der Waals surface area (Å²) >= 11 is 0. The standard InChI is InChI=1S/C19H22F2N4O3/c20-19(21)6-13(23-10-19)8-22-7-11-1-2-14-12(5-11)9-25(18(14)28)15-3-4-16(26)24-17(15)27/h1-2,5,13,15,22-23H,3-4,6-10H2,(H,24,26,27). The van der Waals surface area contributed by atoms with Gasteiger partial charge >= 0.3 is 0 Å². The SMILES string of the molecule is O=C1CCC(N2Cc3cc(CNCC4CC(F)(F)CN4)ccc3C2=O)C(=O)N1. The van der Waals surface area contributed by atoms with Gasteiger partial charge in [0.05, 0.1) is 6.54 Å². The van der Waals surface area contributed by atoms with Crippen LogP contribution in [0, 0.1) is 0 Å². The minimum Gasteiger partial charge on any atom is -0.322 e. The summed E-state index contributed by atoms with van der Waals surface area (Å²) in [6.45, 7) is 0.985. The number of hydrogen-bond donors (Lipinski definition) is 3. The lowest BCUT2D eigenvalue weighted by Gasteiger charge is -2.29. The molecule has 0 aromatic heterocycles. The van der Waals surface area contributed by atoms with E-state index in [1.165, 1.54) is 4.90 Å². The molecule has 150 valence electrons. The number of hydrogen-bond acceptors (Lipinski definition) is 5. The second-order valence-corrected chi connectivity index (χ2v) is 7.66. The maximum atomic E-state index is 13.2. The number of benzene rings is 1. The number of imide groups is 1. The highest BCUT2D eigenvalue weighted by molar-refractivity contribution is 6.05. The lowest BCUT2D eigenvalue weighted by atomic mass is 10.0. The van der Waals surface area contributed by atoms with Gasteiger partial charge in [-0.25, -0.2) is 8.78 Å². The second-order valence-electron chi connectivity index (χ2n) is 7.66. The number of carbonyl (C=O) groups is 3. The topological polar surface area (TPSA) is 90.5 Å². The van der Waals surface area contributed by atoms with Crippen molar-refractivity contribution in [3.63, 3.8) is 0 Å². The molecule has 3 heterocycles. The Hall–Kier alpha value is -2.39. The number of alkyl halides is 2. The van der Waals surface area contributed by atoms with Crippen molar-refractivity contribution in [3.05, 3.63) is 34.9 Å². The monoisotopic (exact) mass is 392 g/mol. The van der Waals surface area contributed by atoms with Crippen LogP contribution < -0.4 is 16.0 Å². The molecule has 2 saturated heterocycles. The van der Waals surface area contributed by atoms with Crippen LogP contribution in [0.3, 0.4) is 0 Å². The third kappa shape index (κ3) is 3.77. The number of carbonyl (C=O) groups excluding carboxylic acids is 3. The van der Waals surface area contributed by atoms with E-state index < -0.39 is 17.9 Å². The molecule has 4 rings (SSSR count). The highest BCUT2D eigenvalue weighted by Gasteiger charge is 2.40. The third-order valence-corrected chi connectivity index (χ3v) is 5.50. The van der Waals surface area contributed by atoms with E-state index in [0.717, 1.165) is 11.1 Å². The van der Waals surface area contributed by atoms with Crippen molar-refractivity contribution in [1.29, 1.82) is 0 Å². The summed E-state index contributed by atoms with van der Waals surface area (Å²) in [6, 6.07) is 4.59. The molecule has 0 bridgehead atoms. The van der Waals surface area contributed by atoms with Crippen molar-refractivity contribution >= 4 is 17.7 Å². The van der Waals surface area contributed by atoms with Crippen molar-refractivity contribution in [2.75, 3.05) is 13.1 Å². The van der Waals surface area contributed by atoms with Gasteiger partial charge in [-0.1, -0.05) is 12.1 Å². The Kier molecular flexibility index (Phi) is 4.88. The van der Waals surface area contributed by atoms with E-state index in [1.54, 1.807) is 6.07 Å². The molecular formula is C19H22F2N4O3. The Balaban J connectivity index is 1.36. The predicted molar refractivity (Wildman–Crippen MR) is 95.5 cm³/mol. The smallest absolute Gasteiger partial charge is 0.261 e. The Labute approximate surface area is 160 Å². The fraction of sp³-hybridized carbons (Fsp3) is 0.526. The van der Waals surface area contributed by atoms with Crippen LogP contribution >= 0.6 is 0 Å². The number of nitrogens with zero attached hydrogens (tertiary/aromatic N) is 1. The Bertz CT molecular complexity index is 829. The molecule has 0 radical (unpaired) electrons. The molecule has 0 saturated carbocycles. The van der Waals surface area contributed by atoms with E-state index in [0.29, 0.717) is 31.6 Å². The number of nitrogens with one attached hydrogen (secondary N) is 3. The summed E-state index contributed by atoms with van der Waals surface area (Å²) in [6.07, 6.45) is 0.386. The molecule has 3 aliphatic heterocycles. The van der Waals surface area contributed by atoms with E-state index in [2.05, 4.69) is 16.0 Å². The first kappa shape index (κ1) is 18.9. The second kappa shape index (κ2) is 7.21. The van der Waals surface area contributed by atoms with E-state index in [-0.39, 0.29) is 37.2 Å². The summed E-state index contributed by atoms with van der Waals surface area (Å²) in [4.78, 5) is 37.6. The maximum Gasteiger partial charge on any atom is 0.261 e. The van der Waals surface area contributed by atoms with Crippen LogP contribution in [0.15, 0.2) is 18.2 Å². The van der Waals surface area contributed by atoms with Crippen molar-refractivity contribution in [3.8, 4) is 0 Å². The number of rotatable bonds is 5. The van der Waals surface area contributed by atoms with Gasteiger partial charge in [-0.05, 0) is 23.6 Å². The first-order chi connectivity index (χ1) is 13.3. The minimum atomic E-state index is -2.64. The van der Waals surface area contributed by atoms with E-state index in [9.17, 15) is 23.2 Å². The van der Waals surface area contributed by atoms with Crippen molar-refractivity contribution in [1.82, 2.24) is 20.9 Å². The van der Waals surface area contributed by atoms with Crippen LogP contribution in [-0.4, -0.2) is 53.7 Å². The van der Waals surface area contributed by atoms with Gasteiger partial charge in [-0.3, -0.25) is 19.7 Å². The summed E-state index contributed by atoms with van der Waals surface area (Å²) < 4.78 is 26.4. The van der Waals surface area contributed by atoms with Gasteiger partial charge in [0, 0.05) is 44.1 Å². The Morgan fingerprint density at radius 1 is 1.25 bits per heavy atom. The minimum absolute atomic E-state index is 0.167. The molecule has 28 heavy (non-hydrogen) atoms. The first-order valence-corrected chi connectivity index (χ1v) is 9.41. The van der Waals surface area contributed by atoms with Crippen LogP contribution in [0.5, 0.6) is 0 Å². The molecule has 0 aliphatic carbocycles. The summed E-state index contributed by atoms with van der Waals surface area (Å²) in [5.41, 5.74) is 2.34. The molecule has 1 aromatic rings. The molecule has 3 aliphatic rings. The van der Waals surface area contributed by atoms with Gasteiger partial charge in [0.25, 0.3) is 11.8 Å². The molecular weight excluding hydrogens is 370 g/mol. The lowest BCUT2D eigenvalue weighted by Crippen LogP contribution is -2.52. The summed E-state index contributed by atoms with van der Waals surface area (Å²) in [7, 11) is 0. The zero-order chi connectivity index (χ0) is 19.9. The normalized spacial score (nSPS) is 26.5. The zero-order valence-electron chi connectivity index (χ0n) is 15.3. The number of fused-ring (bicyclic) bond motifs is 1. The summed E-state index contributed by atoms with van der Waals surface area (Å²) in [5.74, 6) is -3.59. The van der Waals surface area contributed by atoms with Gasteiger partial charge < -0.3 is 15.5 Å². The van der Waals surface area contributed by atoms with E-state index in [4.69, 9.17) is 0 Å². The first-order valence-electron chi connectivity index (χ1n) is 9.41. The summed E-state index contributed by atoms with van der Waals surface area (Å²) in [5, 5.41) is 8.26. The fourth-order valence-corrected chi connectivity index (χ4v) is 4.07. The molecule has 9 heteroatoms. The van der Waals surface area contributed by atoms with Gasteiger partial charge in [-0.2, -0.15) is 0 Å². The largest absolute Gasteiger partial charge is 0.322 e. The third-order valence-electron chi connectivity index (χ3n) is 5.50. The van der Waals surface area contributed by atoms with Crippen LogP contribution in [0.1, 0.15) is 40.7 Å². The Morgan fingerprint density at radius 2 is 2.07 bits per heavy atom. The van der Waals surface area contributed by atoms with E-state index in [1.807, 2.05) is 12.1 Å². The highest BCUT2D eigenvalue weighted by Crippen LogP contribution is 2.28. The fourth-order valence-electron chi connectivity index (χ4n) is 4.07. The number of amides is 3. The Morgan fingerprint density at radius 3 is 2.79 bits per heavy atom. The zero-order valence-corrected chi connectivity index (χ0v) is 15.3. The molecule has 2 fully saturated rings.